The molecule has 0 amide bonds. The van der Waals surface area contributed by atoms with E-state index >= 15 is 0 Å². The van der Waals surface area contributed by atoms with Crippen molar-refractivity contribution in [3.63, 3.8) is 0 Å². The lowest BCUT2D eigenvalue weighted by molar-refractivity contribution is -0.163. The molecule has 0 fully saturated rings. The summed E-state index contributed by atoms with van der Waals surface area (Å²) in [5.74, 6) is -1.92. The molecular formula is C21H28O6. The first-order chi connectivity index (χ1) is 12.9. The van der Waals surface area contributed by atoms with Gasteiger partial charge >= 0.3 is 18.1 Å². The lowest BCUT2D eigenvalue weighted by Crippen LogP contribution is -2.37. The Balaban J connectivity index is 2.66. The third kappa shape index (κ3) is 4.10. The van der Waals surface area contributed by atoms with Gasteiger partial charge in [-0.2, -0.15) is 0 Å². The van der Waals surface area contributed by atoms with Crippen molar-refractivity contribution in [2.24, 2.45) is 0 Å². The highest BCUT2D eigenvalue weighted by atomic mass is 16.8. The first-order valence-electron chi connectivity index (χ1n) is 9.60. The molecule has 1 aromatic carbocycles. The molecule has 1 aliphatic rings. The van der Waals surface area contributed by atoms with Gasteiger partial charge < -0.3 is 19.7 Å². The zero-order valence-electron chi connectivity index (χ0n) is 16.2. The lowest BCUT2D eigenvalue weighted by Gasteiger charge is -2.30. The molecule has 0 aliphatic heterocycles. The van der Waals surface area contributed by atoms with E-state index in [1.54, 1.807) is 12.1 Å². The molecule has 6 nitrogen and oxygen atoms in total. The molecule has 2 rings (SSSR count). The Bertz CT molecular complexity index is 718. The van der Waals surface area contributed by atoms with Crippen LogP contribution in [0.2, 0.25) is 0 Å². The zero-order valence-corrected chi connectivity index (χ0v) is 16.2. The van der Waals surface area contributed by atoms with Crippen LogP contribution >= 0.6 is 0 Å². The van der Waals surface area contributed by atoms with Gasteiger partial charge in [-0.25, -0.2) is 9.59 Å². The summed E-state index contributed by atoms with van der Waals surface area (Å²) < 4.78 is 10.4. The van der Waals surface area contributed by atoms with Crippen LogP contribution in [0, 0.1) is 0 Å². The first-order valence-corrected chi connectivity index (χ1v) is 9.60. The Morgan fingerprint density at radius 1 is 0.963 bits per heavy atom. The molecule has 0 atom stereocenters. The molecule has 0 saturated carbocycles. The fourth-order valence-electron chi connectivity index (χ4n) is 3.97. The molecule has 148 valence electrons. The number of carbonyl (C=O) groups is 2. The summed E-state index contributed by atoms with van der Waals surface area (Å²) >= 11 is 0. The molecule has 0 bridgehead atoms. The van der Waals surface area contributed by atoms with Crippen LogP contribution in [0.1, 0.15) is 76.0 Å². The monoisotopic (exact) mass is 376 g/mol. The number of unbranched alkanes of at least 4 members (excludes halogenated alkanes) is 3. The maximum Gasteiger partial charge on any atom is 0.509 e. The predicted molar refractivity (Wildman–Crippen MR) is 102 cm³/mol. The van der Waals surface area contributed by atoms with Crippen LogP contribution in [-0.4, -0.2) is 22.5 Å². The predicted octanol–water partition coefficient (Wildman–Crippen LogP) is 5.94. The molecule has 6 heteroatoms. The minimum Gasteiger partial charge on any atom is -0.450 e. The average molecular weight is 376 g/mol. The van der Waals surface area contributed by atoms with E-state index in [4.69, 9.17) is 9.47 Å². The Morgan fingerprint density at radius 3 is 2.15 bits per heavy atom. The van der Waals surface area contributed by atoms with E-state index in [0.717, 1.165) is 48.8 Å². The second-order valence-corrected chi connectivity index (χ2v) is 6.67. The molecule has 0 spiro atoms. The molecular weight excluding hydrogens is 348 g/mol. The van der Waals surface area contributed by atoms with Gasteiger partial charge in [0, 0.05) is 11.1 Å². The van der Waals surface area contributed by atoms with Gasteiger partial charge in [0.15, 0.2) is 0 Å². The number of fused-ring (bicyclic) bond motifs is 1. The number of aryl methyl sites for hydroxylation is 1. The smallest absolute Gasteiger partial charge is 0.450 e. The number of rotatable bonds is 9. The van der Waals surface area contributed by atoms with Gasteiger partial charge in [-0.3, -0.25) is 0 Å². The molecule has 2 N–H and O–H groups in total. The summed E-state index contributed by atoms with van der Waals surface area (Å²) in [4.78, 5) is 23.0. The van der Waals surface area contributed by atoms with Crippen molar-refractivity contribution < 1.29 is 29.3 Å². The van der Waals surface area contributed by atoms with Crippen LogP contribution in [0.15, 0.2) is 23.8 Å². The number of ether oxygens (including phenoxy) is 2. The van der Waals surface area contributed by atoms with Crippen molar-refractivity contribution in [3.05, 3.63) is 40.5 Å². The highest BCUT2D eigenvalue weighted by Gasteiger charge is 2.52. The number of allylic oxidation sites excluding steroid dienone is 1. The number of benzene rings is 1. The van der Waals surface area contributed by atoms with Gasteiger partial charge in [0.2, 0.25) is 0 Å². The van der Waals surface area contributed by atoms with Gasteiger partial charge in [-0.05, 0) is 42.4 Å². The van der Waals surface area contributed by atoms with Crippen LogP contribution in [0.25, 0.3) is 5.57 Å². The van der Waals surface area contributed by atoms with Crippen molar-refractivity contribution in [1.82, 2.24) is 0 Å². The summed E-state index contributed by atoms with van der Waals surface area (Å²) in [6, 6.07) is 5.46. The molecule has 27 heavy (non-hydrogen) atoms. The Labute approximate surface area is 159 Å². The van der Waals surface area contributed by atoms with Crippen LogP contribution in [0.3, 0.4) is 0 Å². The average Bonchev–Trinajstić information content (AvgIpc) is 2.86. The van der Waals surface area contributed by atoms with E-state index in [1.165, 1.54) is 0 Å². The van der Waals surface area contributed by atoms with Crippen LogP contribution in [0.5, 0.6) is 0 Å². The molecule has 0 heterocycles. The first kappa shape index (κ1) is 20.8. The number of hydrogen-bond acceptors (Lipinski definition) is 4. The Hall–Kier alpha value is -2.50. The highest BCUT2D eigenvalue weighted by molar-refractivity contribution is 5.82. The number of carboxylic acid groups (broad SMARTS) is 2. The maximum absolute atomic E-state index is 11.5. The Kier molecular flexibility index (Phi) is 6.88. The standard InChI is InChI=1S/C21H28O6/c1-4-7-8-9-12-16-15(6-3)18-14(5-2)11-10-13-17(18)21(16,26-19(22)23)27-20(24)25/h10-11,13H,4-9,12H2,1-3H3,(H,22,23)(H,24,25). The zero-order chi connectivity index (χ0) is 20.0. The highest BCUT2D eigenvalue weighted by Crippen LogP contribution is 2.52. The molecule has 0 radical (unpaired) electrons. The third-order valence-corrected chi connectivity index (χ3v) is 5.05. The van der Waals surface area contributed by atoms with Crippen molar-refractivity contribution in [3.8, 4) is 0 Å². The van der Waals surface area contributed by atoms with Gasteiger partial charge in [-0.1, -0.05) is 58.2 Å². The fourth-order valence-corrected chi connectivity index (χ4v) is 3.97. The van der Waals surface area contributed by atoms with Crippen molar-refractivity contribution >= 4 is 17.9 Å². The van der Waals surface area contributed by atoms with Gasteiger partial charge in [-0.15, -0.1) is 0 Å². The van der Waals surface area contributed by atoms with Crippen LogP contribution in [0.4, 0.5) is 9.59 Å². The topological polar surface area (TPSA) is 93.1 Å². The van der Waals surface area contributed by atoms with Crippen molar-refractivity contribution in [2.45, 2.75) is 71.5 Å². The van der Waals surface area contributed by atoms with E-state index in [0.29, 0.717) is 24.0 Å². The molecule has 1 aromatic rings. The second-order valence-electron chi connectivity index (χ2n) is 6.67. The van der Waals surface area contributed by atoms with Crippen LogP contribution < -0.4 is 0 Å². The third-order valence-electron chi connectivity index (χ3n) is 5.05. The van der Waals surface area contributed by atoms with E-state index in [9.17, 15) is 19.8 Å². The minimum absolute atomic E-state index is 0.467. The second kappa shape index (κ2) is 8.93. The molecule has 0 aromatic heterocycles. The van der Waals surface area contributed by atoms with E-state index in [-0.39, 0.29) is 0 Å². The normalized spacial score (nSPS) is 14.8. The summed E-state index contributed by atoms with van der Waals surface area (Å²) in [5, 5.41) is 18.7. The molecule has 0 unspecified atom stereocenters. The van der Waals surface area contributed by atoms with Crippen molar-refractivity contribution in [1.29, 1.82) is 0 Å². The summed E-state index contributed by atoms with van der Waals surface area (Å²) in [6.45, 7) is 6.11. The van der Waals surface area contributed by atoms with Gasteiger partial charge in [0.05, 0.1) is 0 Å². The SMILES string of the molecule is CCCCCCC1=C(CC)c2c(CC)cccc2C1(OC(=O)O)OC(=O)O. The van der Waals surface area contributed by atoms with Crippen molar-refractivity contribution in [2.75, 3.05) is 0 Å². The fraction of sp³-hybridized carbons (Fsp3) is 0.524. The van der Waals surface area contributed by atoms with Gasteiger partial charge in [0.25, 0.3) is 0 Å². The molecule has 0 saturated heterocycles. The minimum atomic E-state index is -1.92. The van der Waals surface area contributed by atoms with Crippen LogP contribution in [-0.2, 0) is 21.7 Å². The molecule has 1 aliphatic carbocycles. The number of hydrogen-bond donors (Lipinski definition) is 2. The maximum atomic E-state index is 11.5. The van der Waals surface area contributed by atoms with E-state index in [2.05, 4.69) is 6.92 Å². The quantitative estimate of drug-likeness (QED) is 0.315. The largest absolute Gasteiger partial charge is 0.509 e. The lowest BCUT2D eigenvalue weighted by atomic mass is 9.95. The summed E-state index contributed by atoms with van der Waals surface area (Å²) in [5.41, 5.74) is 3.91. The summed E-state index contributed by atoms with van der Waals surface area (Å²) in [7, 11) is 0. The van der Waals surface area contributed by atoms with E-state index in [1.807, 2.05) is 19.9 Å². The van der Waals surface area contributed by atoms with Gasteiger partial charge in [0.1, 0.15) is 0 Å². The summed E-state index contributed by atoms with van der Waals surface area (Å²) in [6.07, 6.45) is 2.71. The Morgan fingerprint density at radius 2 is 1.63 bits per heavy atom. The van der Waals surface area contributed by atoms with E-state index < -0.39 is 18.1 Å².